The van der Waals surface area contributed by atoms with E-state index < -0.39 is 97.5 Å². The van der Waals surface area contributed by atoms with Gasteiger partial charge in [0.2, 0.25) is 0 Å². The first-order valence-electron chi connectivity index (χ1n) is 36.5. The summed E-state index contributed by atoms with van der Waals surface area (Å²) >= 11 is 0. The fourth-order valence-corrected chi connectivity index (χ4v) is 12.2. The molecular weight excluding hydrogens is 1220 g/mol. The van der Waals surface area contributed by atoms with Crippen LogP contribution in [0.3, 0.4) is 0 Å². The zero-order valence-electron chi connectivity index (χ0n) is 59.0. The van der Waals surface area contributed by atoms with E-state index in [0.29, 0.717) is 25.7 Å². The van der Waals surface area contributed by atoms with Gasteiger partial charge < -0.3 is 39.6 Å². The van der Waals surface area contributed by atoms with Gasteiger partial charge in [0.25, 0.3) is 0 Å². The zero-order chi connectivity index (χ0) is 65.4. The maximum Gasteiger partial charge on any atom is 1.00 e. The molecule has 18 nitrogen and oxygen atoms in total. The Bertz CT molecular complexity index is 1730. The molecule has 0 fully saturated rings. The molecule has 5 N–H and O–H groups in total. The molecule has 0 aliphatic heterocycles. The number of hydrogen-bond donors (Lipinski definition) is 4. The molecule has 5 atom stereocenters. The van der Waals surface area contributed by atoms with Crippen LogP contribution in [0.25, 0.3) is 0 Å². The third kappa shape index (κ3) is 71.1. The standard InChI is InChI=1S/C69H135NO17P2.2Na/c1-4-7-10-13-16-19-22-25-28-32-37-42-47-52-66(72)80-59-64(86-68(74)54-49-44-39-33-29-26-23-20-17-14-11-8-5-2)61-84-88(76,77)82-57-63(71)58-83-89(78,79)85-62-65(60-81-67(73)53-48-43-38-35-31-36-41-46-51-56-70)87-69(75)55-50-45-40-34-30-27-24-21-18-15-12-9-6-3;;/h63-65,71H,4-62,70H2,1-3H3,(H,76,77)(H,78,79);;/q;2*+1/t63-,64-,65-;;/m1../s1. The first-order valence-corrected chi connectivity index (χ1v) is 39.5. The summed E-state index contributed by atoms with van der Waals surface area (Å²) in [6, 6.07) is 0. The second-order valence-corrected chi connectivity index (χ2v) is 28.0. The average Bonchev–Trinajstić information content (AvgIpc) is 3.43. The molecule has 0 amide bonds. The molecule has 0 aromatic carbocycles. The van der Waals surface area contributed by atoms with Crippen molar-refractivity contribution in [2.75, 3.05) is 46.2 Å². The normalized spacial score (nSPS) is 13.7. The SMILES string of the molecule is CCCCCCCCCCCCCCCC(=O)OC[C@H](COP(=O)(O)OC[C@@H](O)COP(=O)(O)OC[C@@H](COC(=O)CCCCCCCCCCCN)OC(=O)CCCCCCCCCCCCCCC)OC(=O)CCCCCCCCCCCCCCC.[Na+].[Na+]. The Morgan fingerprint density at radius 2 is 0.505 bits per heavy atom. The summed E-state index contributed by atoms with van der Waals surface area (Å²) < 4.78 is 68.2. The molecule has 0 radical (unpaired) electrons. The Balaban J connectivity index is -0.0000387. The van der Waals surface area contributed by atoms with Crippen molar-refractivity contribution in [1.82, 2.24) is 0 Å². The summed E-state index contributed by atoms with van der Waals surface area (Å²) in [5, 5.41) is 10.6. The van der Waals surface area contributed by atoms with Gasteiger partial charge in [0.05, 0.1) is 26.4 Å². The van der Waals surface area contributed by atoms with Gasteiger partial charge in [-0.1, -0.05) is 297 Å². The van der Waals surface area contributed by atoms with E-state index in [0.717, 1.165) is 122 Å². The van der Waals surface area contributed by atoms with Crippen molar-refractivity contribution in [1.29, 1.82) is 0 Å². The van der Waals surface area contributed by atoms with Crippen molar-refractivity contribution in [2.45, 2.75) is 373 Å². The van der Waals surface area contributed by atoms with Gasteiger partial charge >= 0.3 is 98.6 Å². The first kappa shape index (κ1) is 95.2. The van der Waals surface area contributed by atoms with Crippen molar-refractivity contribution < 1.29 is 139 Å². The Morgan fingerprint density at radius 3 is 0.736 bits per heavy atom. The second kappa shape index (κ2) is 71.3. The van der Waals surface area contributed by atoms with E-state index >= 15 is 0 Å². The van der Waals surface area contributed by atoms with Crippen LogP contribution >= 0.6 is 15.6 Å². The van der Waals surface area contributed by atoms with Crippen molar-refractivity contribution in [2.24, 2.45) is 5.73 Å². The van der Waals surface area contributed by atoms with E-state index in [2.05, 4.69) is 20.8 Å². The van der Waals surface area contributed by atoms with Gasteiger partial charge in [-0.05, 0) is 38.6 Å². The third-order valence-electron chi connectivity index (χ3n) is 16.2. The van der Waals surface area contributed by atoms with Gasteiger partial charge in [-0.3, -0.25) is 37.3 Å². The minimum atomic E-state index is -4.95. The van der Waals surface area contributed by atoms with Crippen LogP contribution in [-0.4, -0.2) is 103 Å². The molecule has 0 rings (SSSR count). The molecule has 0 aromatic rings. The number of carbonyl (C=O) groups excluding carboxylic acids is 4. The van der Waals surface area contributed by atoms with E-state index in [1.165, 1.54) is 167 Å². The minimum absolute atomic E-state index is 0. The molecule has 0 saturated carbocycles. The van der Waals surface area contributed by atoms with E-state index in [-0.39, 0.29) is 84.8 Å². The number of aliphatic hydroxyl groups excluding tert-OH is 1. The molecular formula is C69H135NNa2O17P2+2. The Hall–Kier alpha value is 0.0200. The zero-order valence-corrected chi connectivity index (χ0v) is 64.8. The van der Waals surface area contributed by atoms with Crippen molar-refractivity contribution in [3.8, 4) is 0 Å². The van der Waals surface area contributed by atoms with Crippen LogP contribution in [0.2, 0.25) is 0 Å². The fraction of sp³-hybridized carbons (Fsp3) is 0.942. The average molecular weight is 1360 g/mol. The topological polar surface area (TPSA) is 263 Å². The van der Waals surface area contributed by atoms with E-state index in [1.807, 2.05) is 0 Å². The van der Waals surface area contributed by atoms with E-state index in [9.17, 15) is 43.2 Å². The summed E-state index contributed by atoms with van der Waals surface area (Å²) in [6.07, 6.45) is 50.5. The molecule has 2 unspecified atom stereocenters. The van der Waals surface area contributed by atoms with E-state index in [1.54, 1.807) is 0 Å². The number of hydrogen-bond acceptors (Lipinski definition) is 16. The number of rotatable bonds is 71. The predicted molar refractivity (Wildman–Crippen MR) is 357 cm³/mol. The number of nitrogens with two attached hydrogens (primary N) is 1. The van der Waals surface area contributed by atoms with Crippen LogP contribution in [0.1, 0.15) is 355 Å². The van der Waals surface area contributed by atoms with Gasteiger partial charge in [0, 0.05) is 25.7 Å². The summed E-state index contributed by atoms with van der Waals surface area (Å²) in [6.45, 7) is 3.43. The van der Waals surface area contributed by atoms with Crippen molar-refractivity contribution in [3.63, 3.8) is 0 Å². The van der Waals surface area contributed by atoms with E-state index in [4.69, 9.17) is 42.8 Å². The first-order chi connectivity index (χ1) is 43.2. The van der Waals surface area contributed by atoms with Crippen molar-refractivity contribution >= 4 is 39.5 Å². The van der Waals surface area contributed by atoms with Crippen LogP contribution in [0.5, 0.6) is 0 Å². The molecule has 91 heavy (non-hydrogen) atoms. The Labute approximate surface area is 599 Å². The molecule has 0 aromatic heterocycles. The smallest absolute Gasteiger partial charge is 0.462 e. The predicted octanol–water partition coefficient (Wildman–Crippen LogP) is 12.8. The molecule has 0 spiro atoms. The van der Waals surface area contributed by atoms with Crippen LogP contribution in [0, 0.1) is 0 Å². The maximum absolute atomic E-state index is 13.0. The minimum Gasteiger partial charge on any atom is -0.462 e. The number of ether oxygens (including phenoxy) is 4. The Kier molecular flexibility index (Phi) is 74.6. The number of phosphoric acid groups is 2. The summed E-state index contributed by atoms with van der Waals surface area (Å²) in [5.74, 6) is -2.14. The molecule has 0 aliphatic carbocycles. The number of carbonyl (C=O) groups is 4. The number of esters is 4. The van der Waals surface area contributed by atoms with Crippen LogP contribution in [0.4, 0.5) is 0 Å². The monoisotopic (exact) mass is 1360 g/mol. The van der Waals surface area contributed by atoms with Gasteiger partial charge in [-0.25, -0.2) is 9.13 Å². The molecule has 528 valence electrons. The van der Waals surface area contributed by atoms with Crippen LogP contribution < -0.4 is 64.8 Å². The number of aliphatic hydroxyl groups is 1. The van der Waals surface area contributed by atoms with Gasteiger partial charge in [-0.2, -0.15) is 0 Å². The van der Waals surface area contributed by atoms with Gasteiger partial charge in [-0.15, -0.1) is 0 Å². The molecule has 22 heteroatoms. The maximum atomic E-state index is 13.0. The van der Waals surface area contributed by atoms with Crippen molar-refractivity contribution in [3.05, 3.63) is 0 Å². The van der Waals surface area contributed by atoms with Crippen LogP contribution in [0.15, 0.2) is 0 Å². The molecule has 0 aliphatic rings. The van der Waals surface area contributed by atoms with Crippen LogP contribution in [-0.2, 0) is 65.4 Å². The summed E-state index contributed by atoms with van der Waals surface area (Å²) in [5.41, 5.74) is 5.58. The summed E-state index contributed by atoms with van der Waals surface area (Å²) in [7, 11) is -9.90. The molecule has 0 bridgehead atoms. The third-order valence-corrected chi connectivity index (χ3v) is 18.1. The number of phosphoric ester groups is 2. The molecule has 0 saturated heterocycles. The summed E-state index contributed by atoms with van der Waals surface area (Å²) in [4.78, 5) is 72.5. The second-order valence-electron chi connectivity index (χ2n) is 25.1. The number of unbranched alkanes of at least 4 members (excludes halogenated alkanes) is 44. The van der Waals surface area contributed by atoms with Gasteiger partial charge in [0.1, 0.15) is 19.3 Å². The Morgan fingerprint density at radius 1 is 0.308 bits per heavy atom. The molecule has 0 heterocycles. The fourth-order valence-electron chi connectivity index (χ4n) is 10.6. The quantitative estimate of drug-likeness (QED) is 0.0145. The van der Waals surface area contributed by atoms with Gasteiger partial charge in [0.15, 0.2) is 12.2 Å². The largest absolute Gasteiger partial charge is 1.00 e.